The molecule has 0 aliphatic rings. The molecular formula is C40H34Cl2O2SiZr-4. The molecular weight excluding hydrogens is 703 g/mol. The fourth-order valence-electron chi connectivity index (χ4n) is 5.38. The molecule has 0 atom stereocenters. The smallest absolute Gasteiger partial charge is 0.0796 e. The van der Waals surface area contributed by atoms with Crippen LogP contribution in [0.1, 0.15) is 0 Å². The Balaban J connectivity index is 0.000000281. The number of rotatable bonds is 4. The molecule has 6 aromatic carbocycles. The van der Waals surface area contributed by atoms with Gasteiger partial charge in [0.1, 0.15) is 0 Å². The molecule has 8 rings (SSSR count). The molecule has 0 bridgehead atoms. The minimum absolute atomic E-state index is 0. The summed E-state index contributed by atoms with van der Waals surface area (Å²) in [6.07, 6.45) is 3.43. The van der Waals surface area contributed by atoms with Gasteiger partial charge in [0.2, 0.25) is 0 Å². The summed E-state index contributed by atoms with van der Waals surface area (Å²) in [7, 11) is 0. The second-order valence-corrected chi connectivity index (χ2v) is 9.79. The molecule has 46 heavy (non-hydrogen) atoms. The molecule has 2 heterocycles. The van der Waals surface area contributed by atoms with Crippen molar-refractivity contribution < 1.29 is 32.2 Å². The van der Waals surface area contributed by atoms with E-state index < -0.39 is 0 Å². The van der Waals surface area contributed by atoms with E-state index in [2.05, 4.69) is 116 Å². The summed E-state index contributed by atoms with van der Waals surface area (Å²) in [6, 6.07) is 50.4. The molecule has 2 radical (unpaired) electrons. The van der Waals surface area contributed by atoms with Crippen molar-refractivity contribution in [3.63, 3.8) is 0 Å². The third kappa shape index (κ3) is 8.37. The molecule has 2 nitrogen and oxygen atoms in total. The van der Waals surface area contributed by atoms with E-state index in [9.17, 15) is 0 Å². The van der Waals surface area contributed by atoms with E-state index >= 15 is 0 Å². The summed E-state index contributed by atoms with van der Waals surface area (Å²) in [6.45, 7) is 3.06. The maximum absolute atomic E-state index is 5.49. The molecule has 0 aliphatic heterocycles. The van der Waals surface area contributed by atoms with Crippen LogP contribution in [0, 0.1) is 14.9 Å². The number of hydrogen-bond donors (Lipinski definition) is 0. The summed E-state index contributed by atoms with van der Waals surface area (Å²) >= 11 is 1.36. The molecule has 0 saturated heterocycles. The second-order valence-electron chi connectivity index (χ2n) is 9.79. The van der Waals surface area contributed by atoms with E-state index in [1.165, 1.54) is 67.1 Å². The fourth-order valence-corrected chi connectivity index (χ4v) is 5.38. The molecule has 232 valence electrons. The predicted octanol–water partition coefficient (Wildman–Crippen LogP) is 12.3. The molecule has 0 fully saturated rings. The van der Waals surface area contributed by atoms with Crippen LogP contribution in [0.2, 0.25) is 0 Å². The Bertz CT molecular complexity index is 1860. The van der Waals surface area contributed by atoms with Gasteiger partial charge in [-0.15, -0.1) is 82.8 Å². The molecule has 0 unspecified atom stereocenters. The zero-order valence-electron chi connectivity index (χ0n) is 25.6. The summed E-state index contributed by atoms with van der Waals surface area (Å²) in [4.78, 5) is 0. The Morgan fingerprint density at radius 3 is 1.20 bits per heavy atom. The number of halogens is 2. The van der Waals surface area contributed by atoms with Crippen LogP contribution in [0.3, 0.4) is 0 Å². The largest absolute Gasteiger partial charge is 0.499 e. The van der Waals surface area contributed by atoms with Crippen molar-refractivity contribution in [1.82, 2.24) is 0 Å². The van der Waals surface area contributed by atoms with Crippen molar-refractivity contribution in [2.75, 3.05) is 0 Å². The van der Waals surface area contributed by atoms with E-state index in [0.29, 0.717) is 0 Å². The van der Waals surface area contributed by atoms with E-state index in [-0.39, 0.29) is 39.7 Å². The van der Waals surface area contributed by atoms with Crippen molar-refractivity contribution in [2.45, 2.75) is 0 Å². The zero-order chi connectivity index (χ0) is 28.7. The van der Waals surface area contributed by atoms with Gasteiger partial charge in [-0.25, -0.2) is 0 Å². The van der Waals surface area contributed by atoms with Crippen LogP contribution in [0.5, 0.6) is 0 Å². The van der Waals surface area contributed by atoms with Crippen LogP contribution in [0.4, 0.5) is 0 Å². The monoisotopic (exact) mass is 734 g/mol. The van der Waals surface area contributed by atoms with Gasteiger partial charge in [0, 0.05) is 0 Å². The van der Waals surface area contributed by atoms with Gasteiger partial charge in [-0.05, 0) is 23.3 Å². The maximum atomic E-state index is 5.49. The predicted molar refractivity (Wildman–Crippen MR) is 198 cm³/mol. The molecule has 2 aromatic heterocycles. The second kappa shape index (κ2) is 18.5. The standard InChI is InChI=1S/2C19H13O.2CH3.2ClH.Si.Zr/c2*1-2-6-14(7-3-1)17-9-4-8-15-12-16(13-18(15)17)19-10-5-11-20-19;;;;;;/h2*1-13H;2*1H3;2*1H;;/q4*-1;;;;. The van der Waals surface area contributed by atoms with Gasteiger partial charge in [0.15, 0.2) is 0 Å². The van der Waals surface area contributed by atoms with Crippen LogP contribution < -0.4 is 0 Å². The van der Waals surface area contributed by atoms with E-state index in [1.807, 2.05) is 36.4 Å². The van der Waals surface area contributed by atoms with E-state index in [0.717, 1.165) is 22.6 Å². The van der Waals surface area contributed by atoms with Gasteiger partial charge in [-0.2, -0.15) is 0 Å². The summed E-state index contributed by atoms with van der Waals surface area (Å²) in [5, 5.41) is 5.03. The molecule has 0 spiro atoms. The number of hydrogen-bond acceptors (Lipinski definition) is 2. The van der Waals surface area contributed by atoms with Crippen LogP contribution in [-0.2, 0) is 23.3 Å². The molecule has 0 aliphatic carbocycles. The Labute approximate surface area is 301 Å². The van der Waals surface area contributed by atoms with Crippen molar-refractivity contribution in [3.05, 3.63) is 173 Å². The maximum Gasteiger partial charge on any atom is 0.0796 e. The van der Waals surface area contributed by atoms with Gasteiger partial charge in [-0.1, -0.05) is 119 Å². The van der Waals surface area contributed by atoms with Gasteiger partial charge < -0.3 is 23.7 Å². The minimum atomic E-state index is 0. The first kappa shape index (κ1) is 38.5. The van der Waals surface area contributed by atoms with Crippen LogP contribution in [-0.4, -0.2) is 6.88 Å². The molecule has 8 aromatic rings. The topological polar surface area (TPSA) is 26.3 Å². The Hall–Kier alpha value is -3.66. The Morgan fingerprint density at radius 2 is 0.848 bits per heavy atom. The van der Waals surface area contributed by atoms with Crippen molar-refractivity contribution >= 4 is 53.2 Å². The first-order chi connectivity index (χ1) is 20.8. The van der Waals surface area contributed by atoms with Gasteiger partial charge in [-0.3, -0.25) is 0 Å². The fraction of sp³-hybridized carbons (Fsp3) is 0. The van der Waals surface area contributed by atoms with Crippen molar-refractivity contribution in [2.24, 2.45) is 0 Å². The number of furan rings is 2. The molecule has 0 amide bonds. The number of fused-ring (bicyclic) bond motifs is 2. The summed E-state index contributed by atoms with van der Waals surface area (Å²) in [5.41, 5.74) is 7.29. The van der Waals surface area contributed by atoms with E-state index in [1.54, 1.807) is 12.5 Å². The number of benzene rings is 4. The first-order valence-corrected chi connectivity index (χ1v) is 17.8. The zero-order valence-corrected chi connectivity index (χ0v) is 30.7. The van der Waals surface area contributed by atoms with Crippen LogP contribution >= 0.6 is 24.8 Å². The Morgan fingerprint density at radius 1 is 0.457 bits per heavy atom. The molecule has 6 heteroatoms. The molecule has 0 saturated carbocycles. The average Bonchev–Trinajstić information content (AvgIpc) is 3.88. The van der Waals surface area contributed by atoms with Gasteiger partial charge >= 0.3 is 30.2 Å². The van der Waals surface area contributed by atoms with Gasteiger partial charge in [0.25, 0.3) is 0 Å². The SMILES string of the molecule is Cl.Cl.[CH3-].[CH3-].[Si]=[Zr].c1ccc(-c2cccc3[cH-]c(-c4ccco4)cc23)cc1.c1ccc(-c2cccc3[cH-]c(-c4ccco4)cc23)cc1. The van der Waals surface area contributed by atoms with E-state index in [4.69, 9.17) is 8.83 Å². The van der Waals surface area contributed by atoms with Crippen molar-refractivity contribution in [3.8, 4) is 44.9 Å². The molecule has 0 N–H and O–H groups in total. The minimum Gasteiger partial charge on any atom is -0.499 e. The third-order valence-electron chi connectivity index (χ3n) is 7.28. The average molecular weight is 737 g/mol. The summed E-state index contributed by atoms with van der Waals surface area (Å²) < 4.78 is 11.0. The van der Waals surface area contributed by atoms with Gasteiger partial charge in [0.05, 0.1) is 24.0 Å². The normalized spacial score (nSPS) is 9.63. The van der Waals surface area contributed by atoms with Crippen LogP contribution in [0.25, 0.3) is 66.4 Å². The third-order valence-corrected chi connectivity index (χ3v) is 7.28. The van der Waals surface area contributed by atoms with Crippen molar-refractivity contribution in [1.29, 1.82) is 0 Å². The van der Waals surface area contributed by atoms with Crippen LogP contribution in [0.15, 0.2) is 167 Å². The quantitative estimate of drug-likeness (QED) is 0.133. The Kier molecular flexibility index (Phi) is 15.5. The summed E-state index contributed by atoms with van der Waals surface area (Å²) in [5.74, 6) is 1.83. The first-order valence-electron chi connectivity index (χ1n) is 13.7.